The Labute approximate surface area is 115 Å². The third-order valence-electron chi connectivity index (χ3n) is 2.92. The van der Waals surface area contributed by atoms with E-state index in [1.807, 2.05) is 11.3 Å². The minimum atomic E-state index is 0.453. The minimum absolute atomic E-state index is 0.453. The van der Waals surface area contributed by atoms with Crippen molar-refractivity contribution in [2.75, 3.05) is 6.54 Å². The Morgan fingerprint density at radius 2 is 2.12 bits per heavy atom. The van der Waals surface area contributed by atoms with E-state index >= 15 is 0 Å². The predicted octanol–water partition coefficient (Wildman–Crippen LogP) is 4.19. The first-order chi connectivity index (χ1) is 8.29. The lowest BCUT2D eigenvalue weighted by atomic mass is 9.94. The van der Waals surface area contributed by atoms with E-state index in [1.54, 1.807) is 0 Å². The van der Waals surface area contributed by atoms with Crippen LogP contribution in [0.2, 0.25) is 0 Å². The molecule has 2 aromatic rings. The molecule has 0 amide bonds. The summed E-state index contributed by atoms with van der Waals surface area (Å²) in [5.41, 5.74) is 7.21. The van der Waals surface area contributed by atoms with Gasteiger partial charge in [0.15, 0.2) is 0 Å². The van der Waals surface area contributed by atoms with E-state index in [0.29, 0.717) is 12.5 Å². The van der Waals surface area contributed by atoms with Crippen LogP contribution in [0.4, 0.5) is 0 Å². The molecular weight excluding hydrogens is 294 g/mol. The highest BCUT2D eigenvalue weighted by molar-refractivity contribution is 9.10. The molecule has 1 aromatic heterocycles. The number of nitrogens with two attached hydrogens (primary N) is 1. The Morgan fingerprint density at radius 1 is 1.24 bits per heavy atom. The SMILES string of the molecule is NCC(CCc1cccs1)c1cccc(Br)c1. The van der Waals surface area contributed by atoms with Gasteiger partial charge in [0.05, 0.1) is 0 Å². The average Bonchev–Trinajstić information content (AvgIpc) is 2.83. The van der Waals surface area contributed by atoms with Gasteiger partial charge >= 0.3 is 0 Å². The van der Waals surface area contributed by atoms with Gasteiger partial charge < -0.3 is 5.73 Å². The van der Waals surface area contributed by atoms with Crippen molar-refractivity contribution in [3.8, 4) is 0 Å². The van der Waals surface area contributed by atoms with Crippen LogP contribution in [0, 0.1) is 0 Å². The molecular formula is C14H16BrNS. The molecule has 2 rings (SSSR count). The van der Waals surface area contributed by atoms with Gasteiger partial charge in [-0.2, -0.15) is 0 Å². The fraction of sp³-hybridized carbons (Fsp3) is 0.286. The van der Waals surface area contributed by atoms with Crippen LogP contribution >= 0.6 is 27.3 Å². The van der Waals surface area contributed by atoms with Crippen molar-refractivity contribution in [3.63, 3.8) is 0 Å². The van der Waals surface area contributed by atoms with Crippen molar-refractivity contribution in [2.24, 2.45) is 5.73 Å². The smallest absolute Gasteiger partial charge is 0.0178 e. The van der Waals surface area contributed by atoms with Gasteiger partial charge in [-0.25, -0.2) is 0 Å². The van der Waals surface area contributed by atoms with Gasteiger partial charge in [0, 0.05) is 9.35 Å². The fourth-order valence-corrected chi connectivity index (χ4v) is 3.09. The lowest BCUT2D eigenvalue weighted by molar-refractivity contribution is 0.637. The van der Waals surface area contributed by atoms with E-state index < -0.39 is 0 Å². The molecule has 0 fully saturated rings. The second-order valence-electron chi connectivity index (χ2n) is 4.11. The third-order valence-corrected chi connectivity index (χ3v) is 4.35. The van der Waals surface area contributed by atoms with E-state index in [2.05, 4.69) is 57.7 Å². The number of benzene rings is 1. The number of rotatable bonds is 5. The lowest BCUT2D eigenvalue weighted by Gasteiger charge is -2.15. The molecule has 17 heavy (non-hydrogen) atoms. The first-order valence-corrected chi connectivity index (χ1v) is 7.45. The van der Waals surface area contributed by atoms with Crippen molar-refractivity contribution >= 4 is 27.3 Å². The van der Waals surface area contributed by atoms with Crippen LogP contribution in [0.25, 0.3) is 0 Å². The lowest BCUT2D eigenvalue weighted by Crippen LogP contribution is -2.13. The molecule has 0 aliphatic heterocycles. The molecule has 3 heteroatoms. The molecule has 0 aliphatic carbocycles. The maximum Gasteiger partial charge on any atom is 0.0178 e. The van der Waals surface area contributed by atoms with Gasteiger partial charge in [-0.1, -0.05) is 34.1 Å². The third kappa shape index (κ3) is 3.66. The Balaban J connectivity index is 2.01. The summed E-state index contributed by atoms with van der Waals surface area (Å²) in [5.74, 6) is 0.453. The molecule has 0 bridgehead atoms. The van der Waals surface area contributed by atoms with Crippen LogP contribution in [-0.2, 0) is 6.42 Å². The fourth-order valence-electron chi connectivity index (χ4n) is 1.95. The molecule has 90 valence electrons. The highest BCUT2D eigenvalue weighted by atomic mass is 79.9. The van der Waals surface area contributed by atoms with Gasteiger partial charge in [0.1, 0.15) is 0 Å². The second kappa shape index (κ2) is 6.34. The number of aryl methyl sites for hydroxylation is 1. The van der Waals surface area contributed by atoms with E-state index in [0.717, 1.165) is 17.3 Å². The molecule has 0 radical (unpaired) electrons. The molecule has 1 heterocycles. The summed E-state index contributed by atoms with van der Waals surface area (Å²) >= 11 is 5.33. The number of hydrogen-bond donors (Lipinski definition) is 1. The minimum Gasteiger partial charge on any atom is -0.330 e. The van der Waals surface area contributed by atoms with Crippen LogP contribution < -0.4 is 5.73 Å². The highest BCUT2D eigenvalue weighted by Gasteiger charge is 2.10. The van der Waals surface area contributed by atoms with Crippen molar-refractivity contribution in [1.82, 2.24) is 0 Å². The number of hydrogen-bond acceptors (Lipinski definition) is 2. The summed E-state index contributed by atoms with van der Waals surface area (Å²) < 4.78 is 1.13. The largest absolute Gasteiger partial charge is 0.330 e. The van der Waals surface area contributed by atoms with Crippen molar-refractivity contribution in [1.29, 1.82) is 0 Å². The molecule has 1 nitrogen and oxygen atoms in total. The van der Waals surface area contributed by atoms with Gasteiger partial charge in [-0.15, -0.1) is 11.3 Å². The topological polar surface area (TPSA) is 26.0 Å². The van der Waals surface area contributed by atoms with Crippen LogP contribution in [0.15, 0.2) is 46.3 Å². The summed E-state index contributed by atoms with van der Waals surface area (Å²) in [6.07, 6.45) is 2.24. The standard InChI is InChI=1S/C14H16BrNS/c15-13-4-1-3-11(9-13)12(10-16)6-7-14-5-2-8-17-14/h1-5,8-9,12H,6-7,10,16H2. The summed E-state index contributed by atoms with van der Waals surface area (Å²) in [6.45, 7) is 0.710. The Kier molecular flexibility index (Phi) is 4.77. The Bertz CT molecular complexity index is 453. The van der Waals surface area contributed by atoms with Crippen LogP contribution in [0.3, 0.4) is 0 Å². The van der Waals surface area contributed by atoms with Crippen molar-refractivity contribution < 1.29 is 0 Å². The van der Waals surface area contributed by atoms with Crippen molar-refractivity contribution in [3.05, 3.63) is 56.7 Å². The molecule has 0 saturated heterocycles. The zero-order valence-electron chi connectivity index (χ0n) is 9.60. The molecule has 1 unspecified atom stereocenters. The van der Waals surface area contributed by atoms with Gasteiger partial charge in [0.25, 0.3) is 0 Å². The quantitative estimate of drug-likeness (QED) is 0.880. The average molecular weight is 310 g/mol. The van der Waals surface area contributed by atoms with Crippen LogP contribution in [-0.4, -0.2) is 6.54 Å². The molecule has 1 atom stereocenters. The molecule has 0 saturated carbocycles. The molecule has 0 spiro atoms. The zero-order valence-corrected chi connectivity index (χ0v) is 12.0. The predicted molar refractivity (Wildman–Crippen MR) is 78.6 cm³/mol. The van der Waals surface area contributed by atoms with E-state index in [9.17, 15) is 0 Å². The zero-order chi connectivity index (χ0) is 12.1. The molecule has 0 aliphatic rings. The summed E-state index contributed by atoms with van der Waals surface area (Å²) in [5, 5.41) is 2.13. The first kappa shape index (κ1) is 12.8. The summed E-state index contributed by atoms with van der Waals surface area (Å²) in [4.78, 5) is 1.44. The van der Waals surface area contributed by atoms with Gasteiger partial charge in [-0.05, 0) is 54.4 Å². The molecule has 1 aromatic carbocycles. The maximum atomic E-state index is 5.88. The Morgan fingerprint density at radius 3 is 2.76 bits per heavy atom. The van der Waals surface area contributed by atoms with E-state index in [4.69, 9.17) is 5.73 Å². The Hall–Kier alpha value is -0.640. The highest BCUT2D eigenvalue weighted by Crippen LogP contribution is 2.24. The second-order valence-corrected chi connectivity index (χ2v) is 6.05. The van der Waals surface area contributed by atoms with E-state index in [-0.39, 0.29) is 0 Å². The van der Waals surface area contributed by atoms with Gasteiger partial charge in [-0.3, -0.25) is 0 Å². The first-order valence-electron chi connectivity index (χ1n) is 5.77. The summed E-state index contributed by atoms with van der Waals surface area (Å²) in [6, 6.07) is 12.8. The normalized spacial score (nSPS) is 12.6. The molecule has 2 N–H and O–H groups in total. The monoisotopic (exact) mass is 309 g/mol. The van der Waals surface area contributed by atoms with Gasteiger partial charge in [0.2, 0.25) is 0 Å². The van der Waals surface area contributed by atoms with Crippen LogP contribution in [0.1, 0.15) is 22.8 Å². The number of thiophene rings is 1. The van der Waals surface area contributed by atoms with Crippen LogP contribution in [0.5, 0.6) is 0 Å². The maximum absolute atomic E-state index is 5.88. The van der Waals surface area contributed by atoms with E-state index in [1.165, 1.54) is 10.4 Å². The summed E-state index contributed by atoms with van der Waals surface area (Å²) in [7, 11) is 0. The number of halogens is 1. The van der Waals surface area contributed by atoms with Crippen molar-refractivity contribution in [2.45, 2.75) is 18.8 Å².